The van der Waals surface area contributed by atoms with Gasteiger partial charge in [0.15, 0.2) is 6.10 Å². The van der Waals surface area contributed by atoms with Gasteiger partial charge in [0, 0.05) is 12.8 Å². The Morgan fingerprint density at radius 1 is 0.900 bits per heavy atom. The molecule has 0 saturated heterocycles. The molecule has 0 N–H and O–H groups in total. The second kappa shape index (κ2) is 10.2. The Bertz CT molecular complexity index is 306. The summed E-state index contributed by atoms with van der Waals surface area (Å²) in [7, 11) is 0. The summed E-state index contributed by atoms with van der Waals surface area (Å²) in [5, 5.41) is 0. The van der Waals surface area contributed by atoms with Crippen LogP contribution in [-0.2, 0) is 28.6 Å². The van der Waals surface area contributed by atoms with Gasteiger partial charge >= 0.3 is 17.9 Å². The molecule has 0 heterocycles. The largest absolute Gasteiger partial charge is 0.462 e. The van der Waals surface area contributed by atoms with Gasteiger partial charge < -0.3 is 14.2 Å². The van der Waals surface area contributed by atoms with Crippen molar-refractivity contribution in [3.63, 3.8) is 0 Å². The molecule has 0 radical (unpaired) electrons. The van der Waals surface area contributed by atoms with Crippen molar-refractivity contribution in [3.05, 3.63) is 0 Å². The minimum atomic E-state index is -0.762. The summed E-state index contributed by atoms with van der Waals surface area (Å²) in [6.45, 7) is 6.74. The number of hydrogen-bond donors (Lipinski definition) is 0. The van der Waals surface area contributed by atoms with Crippen LogP contribution in [0.3, 0.4) is 0 Å². The predicted octanol–water partition coefficient (Wildman–Crippen LogP) is 1.85. The first kappa shape index (κ1) is 18.4. The van der Waals surface area contributed by atoms with E-state index in [2.05, 4.69) is 0 Å². The van der Waals surface area contributed by atoms with Gasteiger partial charge in [-0.2, -0.15) is 0 Å². The van der Waals surface area contributed by atoms with E-state index in [9.17, 15) is 14.4 Å². The van der Waals surface area contributed by atoms with E-state index in [0.717, 1.165) is 0 Å². The fourth-order valence-electron chi connectivity index (χ4n) is 1.14. The maximum atomic E-state index is 11.7. The summed E-state index contributed by atoms with van der Waals surface area (Å²) < 4.78 is 15.1. The second-order valence-electron chi connectivity index (χ2n) is 4.44. The van der Waals surface area contributed by atoms with E-state index in [0.29, 0.717) is 6.42 Å². The van der Waals surface area contributed by atoms with E-state index in [4.69, 9.17) is 14.2 Å². The lowest BCUT2D eigenvalue weighted by Crippen LogP contribution is -2.32. The summed E-state index contributed by atoms with van der Waals surface area (Å²) >= 11 is 0. The Hall–Kier alpha value is -1.59. The molecule has 0 rings (SSSR count). The summed E-state index contributed by atoms with van der Waals surface area (Å²) in [5.74, 6) is -1.42. The minimum Gasteiger partial charge on any atom is -0.462 e. The van der Waals surface area contributed by atoms with Crippen LogP contribution in [-0.4, -0.2) is 37.2 Å². The van der Waals surface area contributed by atoms with E-state index >= 15 is 0 Å². The van der Waals surface area contributed by atoms with Gasteiger partial charge in [-0.1, -0.05) is 27.7 Å². The zero-order chi connectivity index (χ0) is 15.5. The lowest BCUT2D eigenvalue weighted by Gasteiger charge is -2.19. The zero-order valence-electron chi connectivity index (χ0n) is 12.6. The summed E-state index contributed by atoms with van der Waals surface area (Å²) in [6.07, 6.45) is 0.360. The Labute approximate surface area is 119 Å². The summed E-state index contributed by atoms with van der Waals surface area (Å²) in [6, 6.07) is 0. The molecule has 0 fully saturated rings. The molecule has 0 bridgehead atoms. The molecule has 0 spiro atoms. The third-order valence-electron chi connectivity index (χ3n) is 2.74. The average molecular weight is 288 g/mol. The Morgan fingerprint density at radius 3 is 1.70 bits per heavy atom. The molecule has 116 valence electrons. The predicted molar refractivity (Wildman–Crippen MR) is 71.8 cm³/mol. The van der Waals surface area contributed by atoms with Crippen LogP contribution in [0.4, 0.5) is 0 Å². The van der Waals surface area contributed by atoms with Crippen molar-refractivity contribution < 1.29 is 28.6 Å². The number of rotatable bonds is 9. The maximum Gasteiger partial charge on any atom is 0.309 e. The molecular formula is C14H24O6. The van der Waals surface area contributed by atoms with Crippen LogP contribution in [0.1, 0.15) is 47.0 Å². The molecule has 0 aliphatic carbocycles. The van der Waals surface area contributed by atoms with E-state index in [1.165, 1.54) is 0 Å². The smallest absolute Gasteiger partial charge is 0.309 e. The quantitative estimate of drug-likeness (QED) is 0.476. The van der Waals surface area contributed by atoms with Gasteiger partial charge in [-0.15, -0.1) is 0 Å². The fourth-order valence-corrected chi connectivity index (χ4v) is 1.14. The lowest BCUT2D eigenvalue weighted by molar-refractivity contribution is -0.169. The molecule has 0 aromatic carbocycles. The zero-order valence-corrected chi connectivity index (χ0v) is 12.6. The van der Waals surface area contributed by atoms with Crippen LogP contribution in [0.2, 0.25) is 0 Å². The molecule has 0 aromatic rings. The number of hydrogen-bond acceptors (Lipinski definition) is 6. The molecule has 0 aliphatic heterocycles. The van der Waals surface area contributed by atoms with E-state index < -0.39 is 24.0 Å². The Balaban J connectivity index is 4.41. The first-order chi connectivity index (χ1) is 9.44. The van der Waals surface area contributed by atoms with Crippen molar-refractivity contribution >= 4 is 17.9 Å². The first-order valence-electron chi connectivity index (χ1n) is 6.96. The van der Waals surface area contributed by atoms with Gasteiger partial charge in [0.2, 0.25) is 0 Å². The number of esters is 3. The van der Waals surface area contributed by atoms with Gasteiger partial charge in [0.05, 0.1) is 5.92 Å². The standard InChI is InChI=1S/C14H24O6/c1-5-10(4)14(17)20-11(8-18-12(15)6-2)9-19-13(16)7-3/h10-11H,5-9H2,1-4H3. The molecule has 6 nitrogen and oxygen atoms in total. The summed E-state index contributed by atoms with van der Waals surface area (Å²) in [4.78, 5) is 33.9. The van der Waals surface area contributed by atoms with Crippen LogP contribution in [0.15, 0.2) is 0 Å². The minimum absolute atomic E-state index is 0.105. The van der Waals surface area contributed by atoms with Crippen molar-refractivity contribution in [2.75, 3.05) is 13.2 Å². The normalized spacial score (nSPS) is 11.8. The molecule has 1 unspecified atom stereocenters. The highest BCUT2D eigenvalue weighted by atomic mass is 16.6. The van der Waals surface area contributed by atoms with Crippen LogP contribution in [0, 0.1) is 5.92 Å². The van der Waals surface area contributed by atoms with Gasteiger partial charge in [-0.05, 0) is 6.42 Å². The van der Waals surface area contributed by atoms with Crippen molar-refractivity contribution in [2.24, 2.45) is 5.92 Å². The monoisotopic (exact) mass is 288 g/mol. The molecule has 0 aliphatic rings. The van der Waals surface area contributed by atoms with E-state index in [1.54, 1.807) is 20.8 Å². The van der Waals surface area contributed by atoms with Crippen molar-refractivity contribution in [3.8, 4) is 0 Å². The van der Waals surface area contributed by atoms with Crippen LogP contribution < -0.4 is 0 Å². The highest BCUT2D eigenvalue weighted by Gasteiger charge is 2.21. The second-order valence-corrected chi connectivity index (χ2v) is 4.44. The molecule has 0 aromatic heterocycles. The van der Waals surface area contributed by atoms with Crippen LogP contribution in [0.5, 0.6) is 0 Å². The topological polar surface area (TPSA) is 78.9 Å². The van der Waals surface area contributed by atoms with Crippen LogP contribution >= 0.6 is 0 Å². The average Bonchev–Trinajstić information content (AvgIpc) is 2.47. The highest BCUT2D eigenvalue weighted by Crippen LogP contribution is 2.07. The fraction of sp³-hybridized carbons (Fsp3) is 0.786. The SMILES string of the molecule is CCC(=O)OCC(COC(=O)CC)OC(=O)C(C)CC. The molecule has 0 amide bonds. The van der Waals surface area contributed by atoms with E-state index in [1.807, 2.05) is 6.92 Å². The van der Waals surface area contributed by atoms with Crippen molar-refractivity contribution in [2.45, 2.75) is 53.1 Å². The number of ether oxygens (including phenoxy) is 3. The third kappa shape index (κ3) is 7.76. The molecule has 0 saturated carbocycles. The van der Waals surface area contributed by atoms with Gasteiger partial charge in [-0.25, -0.2) is 0 Å². The van der Waals surface area contributed by atoms with Crippen LogP contribution in [0.25, 0.3) is 0 Å². The van der Waals surface area contributed by atoms with Gasteiger partial charge in [0.25, 0.3) is 0 Å². The van der Waals surface area contributed by atoms with Crippen molar-refractivity contribution in [1.82, 2.24) is 0 Å². The third-order valence-corrected chi connectivity index (χ3v) is 2.74. The lowest BCUT2D eigenvalue weighted by atomic mass is 10.1. The Morgan fingerprint density at radius 2 is 1.35 bits per heavy atom. The van der Waals surface area contributed by atoms with Gasteiger partial charge in [-0.3, -0.25) is 14.4 Å². The maximum absolute atomic E-state index is 11.7. The van der Waals surface area contributed by atoms with Gasteiger partial charge in [0.1, 0.15) is 13.2 Å². The first-order valence-corrected chi connectivity index (χ1v) is 6.96. The molecule has 6 heteroatoms. The molecule has 1 atom stereocenters. The molecule has 20 heavy (non-hydrogen) atoms. The van der Waals surface area contributed by atoms with Crippen molar-refractivity contribution in [1.29, 1.82) is 0 Å². The number of carbonyl (C=O) groups excluding carboxylic acids is 3. The molecular weight excluding hydrogens is 264 g/mol. The Kier molecular flexibility index (Phi) is 9.41. The summed E-state index contributed by atoms with van der Waals surface area (Å²) in [5.41, 5.74) is 0. The number of carbonyl (C=O) groups is 3. The van der Waals surface area contributed by atoms with E-state index in [-0.39, 0.29) is 32.0 Å². The highest BCUT2D eigenvalue weighted by molar-refractivity contribution is 5.72.